The van der Waals surface area contributed by atoms with Gasteiger partial charge in [0, 0.05) is 19.5 Å². The Kier molecular flexibility index (Phi) is 8.87. The molecule has 84 valence electrons. The van der Waals surface area contributed by atoms with E-state index in [-0.39, 0.29) is 5.91 Å². The topological polar surface area (TPSA) is 77.0 Å². The molecule has 0 aliphatic rings. The largest absolute Gasteiger partial charge is 0.319 e. The van der Waals surface area contributed by atoms with Crippen LogP contribution in [0.1, 0.15) is 19.3 Å². The van der Waals surface area contributed by atoms with Crippen molar-refractivity contribution in [2.75, 3.05) is 20.1 Å². The van der Waals surface area contributed by atoms with Crippen LogP contribution in [-0.4, -0.2) is 30.9 Å². The highest BCUT2D eigenvalue weighted by molar-refractivity contribution is 7.80. The maximum absolute atomic E-state index is 11.1. The zero-order chi connectivity index (χ0) is 11.5. The van der Waals surface area contributed by atoms with E-state index in [1.165, 1.54) is 0 Å². The minimum Gasteiger partial charge on any atom is -0.319 e. The second kappa shape index (κ2) is 9.52. The van der Waals surface area contributed by atoms with Crippen LogP contribution in [0.5, 0.6) is 0 Å². The second-order valence-corrected chi connectivity index (χ2v) is 3.46. The van der Waals surface area contributed by atoms with Crippen molar-refractivity contribution >= 4 is 23.0 Å². The van der Waals surface area contributed by atoms with Crippen molar-refractivity contribution in [1.29, 1.82) is 5.26 Å². The SMILES string of the molecule is CNCCC(=O)NNCCCC(=S)C#N. The van der Waals surface area contributed by atoms with Crippen molar-refractivity contribution in [2.24, 2.45) is 0 Å². The number of nitrogens with one attached hydrogen (secondary N) is 3. The van der Waals surface area contributed by atoms with Crippen LogP contribution in [0, 0.1) is 11.3 Å². The molecule has 0 radical (unpaired) electrons. The van der Waals surface area contributed by atoms with Gasteiger partial charge >= 0.3 is 0 Å². The maximum atomic E-state index is 11.1. The summed E-state index contributed by atoms with van der Waals surface area (Å²) >= 11 is 4.73. The number of hydrazine groups is 1. The van der Waals surface area contributed by atoms with E-state index in [1.807, 2.05) is 6.07 Å². The fourth-order valence-corrected chi connectivity index (χ4v) is 1.000. The highest BCUT2D eigenvalue weighted by Gasteiger charge is 1.98. The molecule has 0 aromatic carbocycles. The van der Waals surface area contributed by atoms with Crippen LogP contribution in [0.3, 0.4) is 0 Å². The van der Waals surface area contributed by atoms with Crippen LogP contribution in [0.2, 0.25) is 0 Å². The number of nitrogens with zero attached hydrogens (tertiary/aromatic N) is 1. The molecular weight excluding hydrogens is 212 g/mol. The molecule has 0 aromatic rings. The van der Waals surface area contributed by atoms with E-state index in [4.69, 9.17) is 17.5 Å². The summed E-state index contributed by atoms with van der Waals surface area (Å²) in [5.41, 5.74) is 5.33. The van der Waals surface area contributed by atoms with Gasteiger partial charge in [0.05, 0.1) is 4.86 Å². The van der Waals surface area contributed by atoms with Gasteiger partial charge < -0.3 is 5.32 Å². The van der Waals surface area contributed by atoms with Gasteiger partial charge in [-0.05, 0) is 19.9 Å². The van der Waals surface area contributed by atoms with Gasteiger partial charge in [-0.3, -0.25) is 10.2 Å². The quantitative estimate of drug-likeness (QED) is 0.307. The second-order valence-electron chi connectivity index (χ2n) is 2.97. The number of thiocarbonyl (C=S) groups is 1. The molecule has 1 amide bonds. The monoisotopic (exact) mass is 228 g/mol. The first-order chi connectivity index (χ1) is 7.20. The highest BCUT2D eigenvalue weighted by Crippen LogP contribution is 1.89. The third-order valence-electron chi connectivity index (χ3n) is 1.66. The molecule has 0 bridgehead atoms. The van der Waals surface area contributed by atoms with Crippen LogP contribution in [-0.2, 0) is 4.79 Å². The molecule has 3 N–H and O–H groups in total. The van der Waals surface area contributed by atoms with E-state index in [9.17, 15) is 4.79 Å². The Morgan fingerprint density at radius 1 is 1.40 bits per heavy atom. The fourth-order valence-electron chi connectivity index (χ4n) is 0.855. The average Bonchev–Trinajstić information content (AvgIpc) is 2.25. The third kappa shape index (κ3) is 9.28. The lowest BCUT2D eigenvalue weighted by atomic mass is 10.2. The molecule has 0 saturated carbocycles. The van der Waals surface area contributed by atoms with Crippen molar-refractivity contribution in [3.05, 3.63) is 0 Å². The number of hydrogen-bond donors (Lipinski definition) is 3. The van der Waals surface area contributed by atoms with Gasteiger partial charge in [-0.15, -0.1) is 0 Å². The normalized spacial score (nSPS) is 9.33. The Morgan fingerprint density at radius 3 is 2.73 bits per heavy atom. The van der Waals surface area contributed by atoms with Crippen molar-refractivity contribution < 1.29 is 4.79 Å². The summed E-state index contributed by atoms with van der Waals surface area (Å²) in [4.78, 5) is 11.5. The fraction of sp³-hybridized carbons (Fsp3) is 0.667. The standard InChI is InChI=1S/C9H16N4OS/c1-11-6-4-9(14)13-12-5-2-3-8(15)7-10/h11-12H,2-6H2,1H3,(H,13,14). The summed E-state index contributed by atoms with van der Waals surface area (Å²) in [6.45, 7) is 1.28. The number of carbonyl (C=O) groups excluding carboxylic acids is 1. The molecule has 0 saturated heterocycles. The van der Waals surface area contributed by atoms with Gasteiger partial charge in [0.2, 0.25) is 5.91 Å². The Labute approximate surface area is 95.2 Å². The Hall–Kier alpha value is -1.03. The smallest absolute Gasteiger partial charge is 0.235 e. The maximum Gasteiger partial charge on any atom is 0.235 e. The summed E-state index contributed by atoms with van der Waals surface area (Å²) < 4.78 is 0. The summed E-state index contributed by atoms with van der Waals surface area (Å²) in [6.07, 6.45) is 1.78. The molecule has 0 heterocycles. The van der Waals surface area contributed by atoms with Crippen molar-refractivity contribution in [3.63, 3.8) is 0 Å². The summed E-state index contributed by atoms with van der Waals surface area (Å²) in [5.74, 6) is -0.0489. The van der Waals surface area contributed by atoms with Crippen LogP contribution < -0.4 is 16.2 Å². The molecule has 0 atom stereocenters. The number of nitriles is 1. The zero-order valence-electron chi connectivity index (χ0n) is 8.80. The summed E-state index contributed by atoms with van der Waals surface area (Å²) in [6, 6.07) is 1.90. The number of rotatable bonds is 8. The summed E-state index contributed by atoms with van der Waals surface area (Å²) in [7, 11) is 1.80. The van der Waals surface area contributed by atoms with E-state index < -0.39 is 0 Å². The summed E-state index contributed by atoms with van der Waals surface area (Å²) in [5, 5.41) is 11.3. The van der Waals surface area contributed by atoms with Crippen molar-refractivity contribution in [1.82, 2.24) is 16.2 Å². The minimum absolute atomic E-state index is 0.0489. The first-order valence-corrected chi connectivity index (χ1v) is 5.20. The Bertz CT molecular complexity index is 249. The predicted molar refractivity (Wildman–Crippen MR) is 62.1 cm³/mol. The van der Waals surface area contributed by atoms with Crippen molar-refractivity contribution in [2.45, 2.75) is 19.3 Å². The molecule has 0 aromatic heterocycles. The minimum atomic E-state index is -0.0489. The number of hydrogen-bond acceptors (Lipinski definition) is 5. The Balaban J connectivity index is 3.28. The van der Waals surface area contributed by atoms with Gasteiger partial charge in [0.1, 0.15) is 6.07 Å². The first kappa shape index (κ1) is 14.0. The number of carbonyl (C=O) groups is 1. The van der Waals surface area contributed by atoms with E-state index in [0.29, 0.717) is 30.8 Å². The highest BCUT2D eigenvalue weighted by atomic mass is 32.1. The molecule has 0 rings (SSSR count). The van der Waals surface area contributed by atoms with E-state index in [1.54, 1.807) is 7.05 Å². The van der Waals surface area contributed by atoms with Gasteiger partial charge in [-0.1, -0.05) is 12.2 Å². The van der Waals surface area contributed by atoms with Crippen LogP contribution in [0.25, 0.3) is 0 Å². The van der Waals surface area contributed by atoms with Crippen LogP contribution in [0.15, 0.2) is 0 Å². The lowest BCUT2D eigenvalue weighted by molar-refractivity contribution is -0.121. The average molecular weight is 228 g/mol. The third-order valence-corrected chi connectivity index (χ3v) is 1.96. The molecule has 6 heteroatoms. The molecule has 0 fully saturated rings. The zero-order valence-corrected chi connectivity index (χ0v) is 9.62. The number of amides is 1. The first-order valence-electron chi connectivity index (χ1n) is 4.80. The lowest BCUT2D eigenvalue weighted by Crippen LogP contribution is -2.39. The van der Waals surface area contributed by atoms with Gasteiger partial charge in [-0.2, -0.15) is 5.26 Å². The van der Waals surface area contributed by atoms with Crippen LogP contribution >= 0.6 is 12.2 Å². The van der Waals surface area contributed by atoms with Gasteiger partial charge in [-0.25, -0.2) is 5.43 Å². The molecular formula is C9H16N4OS. The molecule has 0 spiro atoms. The van der Waals surface area contributed by atoms with E-state index in [0.717, 1.165) is 6.42 Å². The predicted octanol–water partition coefficient (Wildman–Crippen LogP) is -0.110. The molecule has 5 nitrogen and oxygen atoms in total. The van der Waals surface area contributed by atoms with Gasteiger partial charge in [0.25, 0.3) is 0 Å². The van der Waals surface area contributed by atoms with E-state index in [2.05, 4.69) is 16.2 Å². The Morgan fingerprint density at radius 2 is 2.13 bits per heavy atom. The molecule has 0 aliphatic heterocycles. The van der Waals surface area contributed by atoms with E-state index >= 15 is 0 Å². The molecule has 0 unspecified atom stereocenters. The van der Waals surface area contributed by atoms with Gasteiger partial charge in [0.15, 0.2) is 0 Å². The molecule has 0 aliphatic carbocycles. The van der Waals surface area contributed by atoms with Crippen LogP contribution in [0.4, 0.5) is 0 Å². The van der Waals surface area contributed by atoms with Crippen molar-refractivity contribution in [3.8, 4) is 6.07 Å². The lowest BCUT2D eigenvalue weighted by Gasteiger charge is -2.05. The molecule has 15 heavy (non-hydrogen) atoms.